The Morgan fingerprint density at radius 2 is 1.86 bits per heavy atom. The van der Waals surface area contributed by atoms with E-state index in [4.69, 9.17) is 0 Å². The van der Waals surface area contributed by atoms with Crippen LogP contribution in [0.5, 0.6) is 0 Å². The van der Waals surface area contributed by atoms with Crippen LogP contribution in [-0.2, 0) is 9.84 Å². The van der Waals surface area contributed by atoms with Crippen LogP contribution < -0.4 is 5.32 Å². The van der Waals surface area contributed by atoms with Crippen LogP contribution in [0.1, 0.15) is 22.0 Å². The fraction of sp³-hybridized carbons (Fsp3) is 0.350. The molecule has 4 rings (SSSR count). The Morgan fingerprint density at radius 1 is 1.14 bits per heavy atom. The summed E-state index contributed by atoms with van der Waals surface area (Å²) in [5.74, 6) is 0.106. The molecule has 2 aliphatic heterocycles. The fourth-order valence-electron chi connectivity index (χ4n) is 4.26. The molecule has 2 heterocycles. The average molecular weight is 425 g/mol. The predicted molar refractivity (Wildman–Crippen MR) is 107 cm³/mol. The van der Waals surface area contributed by atoms with Gasteiger partial charge in [-0.25, -0.2) is 12.8 Å². The van der Waals surface area contributed by atoms with Gasteiger partial charge in [-0.1, -0.05) is 12.1 Å². The summed E-state index contributed by atoms with van der Waals surface area (Å²) >= 11 is 0. The topological polar surface area (TPSA) is 66.5 Å². The molecule has 0 aromatic heterocycles. The summed E-state index contributed by atoms with van der Waals surface area (Å²) in [5, 5.41) is 3.36. The van der Waals surface area contributed by atoms with E-state index in [1.54, 1.807) is 23.1 Å². The molecule has 2 aliphatic rings. The highest BCUT2D eigenvalue weighted by Crippen LogP contribution is 2.43. The zero-order chi connectivity index (χ0) is 19.2. The number of likely N-dealkylation sites (tertiary alicyclic amines) is 1. The van der Waals surface area contributed by atoms with E-state index < -0.39 is 9.84 Å². The zero-order valence-electron chi connectivity index (χ0n) is 15.3. The monoisotopic (exact) mass is 424 g/mol. The number of amides is 1. The summed E-state index contributed by atoms with van der Waals surface area (Å²) in [4.78, 5) is 15.2. The van der Waals surface area contributed by atoms with Gasteiger partial charge in [0.2, 0.25) is 0 Å². The summed E-state index contributed by atoms with van der Waals surface area (Å²) < 4.78 is 37.1. The molecule has 8 heteroatoms. The van der Waals surface area contributed by atoms with E-state index >= 15 is 0 Å². The smallest absolute Gasteiger partial charge is 0.254 e. The minimum absolute atomic E-state index is 0. The molecule has 2 aromatic carbocycles. The predicted octanol–water partition coefficient (Wildman–Crippen LogP) is 2.68. The molecule has 28 heavy (non-hydrogen) atoms. The maximum Gasteiger partial charge on any atom is 0.254 e. The van der Waals surface area contributed by atoms with Gasteiger partial charge in [0.05, 0.1) is 10.9 Å². The van der Waals surface area contributed by atoms with Gasteiger partial charge in [0.25, 0.3) is 5.91 Å². The standard InChI is InChI=1S/C20H21FN2O3S.ClH/c1-27(25,26)17-7-5-13(6-8-17)20(24)23-12-15-10-22-11-18(15)19(23)14-3-2-4-16(21)9-14;/h2-9,15,18-19,22H,10-12H2,1H3;1H/t15-,18-,19-;/m0./s1. The highest BCUT2D eigenvalue weighted by Gasteiger charge is 2.46. The first-order chi connectivity index (χ1) is 12.8. The summed E-state index contributed by atoms with van der Waals surface area (Å²) in [5.41, 5.74) is 1.24. The number of nitrogens with zero attached hydrogens (tertiary/aromatic N) is 1. The summed E-state index contributed by atoms with van der Waals surface area (Å²) in [6, 6.07) is 12.3. The van der Waals surface area contributed by atoms with Crippen molar-refractivity contribution in [2.24, 2.45) is 11.8 Å². The van der Waals surface area contributed by atoms with Crippen LogP contribution in [0.3, 0.4) is 0 Å². The van der Waals surface area contributed by atoms with E-state index in [1.165, 1.54) is 24.3 Å². The number of benzene rings is 2. The maximum absolute atomic E-state index is 13.8. The molecule has 2 aromatic rings. The molecule has 0 radical (unpaired) electrons. The highest BCUT2D eigenvalue weighted by atomic mass is 35.5. The lowest BCUT2D eigenvalue weighted by Gasteiger charge is -2.28. The van der Waals surface area contributed by atoms with Crippen LogP contribution in [0.25, 0.3) is 0 Å². The molecule has 150 valence electrons. The second kappa shape index (κ2) is 7.81. The van der Waals surface area contributed by atoms with Crippen LogP contribution >= 0.6 is 12.4 Å². The van der Waals surface area contributed by atoms with E-state index in [0.717, 1.165) is 24.9 Å². The summed E-state index contributed by atoms with van der Waals surface area (Å²) in [7, 11) is -3.31. The van der Waals surface area contributed by atoms with Crippen molar-refractivity contribution in [2.75, 3.05) is 25.9 Å². The lowest BCUT2D eigenvalue weighted by Crippen LogP contribution is -2.34. The van der Waals surface area contributed by atoms with Crippen molar-refractivity contribution in [2.45, 2.75) is 10.9 Å². The van der Waals surface area contributed by atoms with Crippen molar-refractivity contribution in [1.82, 2.24) is 10.2 Å². The van der Waals surface area contributed by atoms with Gasteiger partial charge in [-0.15, -0.1) is 12.4 Å². The highest BCUT2D eigenvalue weighted by molar-refractivity contribution is 7.90. The normalized spacial score (nSPS) is 23.9. The largest absolute Gasteiger partial charge is 0.331 e. The van der Waals surface area contributed by atoms with Gasteiger partial charge >= 0.3 is 0 Å². The molecule has 3 atom stereocenters. The Balaban J connectivity index is 0.00000225. The number of hydrogen-bond donors (Lipinski definition) is 1. The van der Waals surface area contributed by atoms with Crippen molar-refractivity contribution in [3.8, 4) is 0 Å². The van der Waals surface area contributed by atoms with Gasteiger partial charge in [-0.05, 0) is 47.9 Å². The minimum Gasteiger partial charge on any atom is -0.331 e. The Kier molecular flexibility index (Phi) is 5.79. The lowest BCUT2D eigenvalue weighted by atomic mass is 9.89. The van der Waals surface area contributed by atoms with Crippen LogP contribution in [0.4, 0.5) is 4.39 Å². The molecule has 1 amide bonds. The summed E-state index contributed by atoms with van der Waals surface area (Å²) in [6.07, 6.45) is 1.14. The average Bonchev–Trinajstić information content (AvgIpc) is 3.21. The molecule has 0 spiro atoms. The molecule has 5 nitrogen and oxygen atoms in total. The Morgan fingerprint density at radius 3 is 2.50 bits per heavy atom. The second-order valence-electron chi connectivity index (χ2n) is 7.34. The first-order valence-electron chi connectivity index (χ1n) is 8.92. The van der Waals surface area contributed by atoms with E-state index in [9.17, 15) is 17.6 Å². The number of fused-ring (bicyclic) bond motifs is 1. The number of carbonyl (C=O) groups is 1. The Labute approximate surface area is 170 Å². The van der Waals surface area contributed by atoms with Crippen molar-refractivity contribution >= 4 is 28.2 Å². The van der Waals surface area contributed by atoms with Crippen LogP contribution in [0.2, 0.25) is 0 Å². The van der Waals surface area contributed by atoms with Crippen LogP contribution in [0, 0.1) is 17.7 Å². The maximum atomic E-state index is 13.8. The number of nitrogens with one attached hydrogen (secondary N) is 1. The van der Waals surface area contributed by atoms with Crippen molar-refractivity contribution in [1.29, 1.82) is 0 Å². The molecule has 2 fully saturated rings. The molecular formula is C20H22ClFN2O3S. The van der Waals surface area contributed by atoms with E-state index in [0.29, 0.717) is 18.0 Å². The van der Waals surface area contributed by atoms with Gasteiger partial charge in [0, 0.05) is 37.4 Å². The number of rotatable bonds is 3. The number of sulfone groups is 1. The molecular weight excluding hydrogens is 403 g/mol. The number of hydrogen-bond acceptors (Lipinski definition) is 4. The van der Waals surface area contributed by atoms with E-state index in [-0.39, 0.29) is 41.0 Å². The minimum atomic E-state index is -3.31. The van der Waals surface area contributed by atoms with Gasteiger partial charge < -0.3 is 10.2 Å². The third kappa shape index (κ3) is 3.79. The molecule has 0 bridgehead atoms. The molecule has 1 N–H and O–H groups in total. The fourth-order valence-corrected chi connectivity index (χ4v) is 4.89. The molecule has 0 unspecified atom stereocenters. The zero-order valence-corrected chi connectivity index (χ0v) is 17.0. The van der Waals surface area contributed by atoms with Gasteiger partial charge in [0.15, 0.2) is 9.84 Å². The Hall–Kier alpha value is -1.96. The SMILES string of the molecule is CS(=O)(=O)c1ccc(C(=O)N2C[C@@H]3CNC[C@@H]3[C@@H]2c2cccc(F)c2)cc1.Cl. The van der Waals surface area contributed by atoms with Crippen molar-refractivity contribution < 1.29 is 17.6 Å². The quantitative estimate of drug-likeness (QED) is 0.822. The van der Waals surface area contributed by atoms with Crippen LogP contribution in [0.15, 0.2) is 53.4 Å². The number of halogens is 2. The number of carbonyl (C=O) groups excluding carboxylic acids is 1. The van der Waals surface area contributed by atoms with Crippen molar-refractivity contribution in [3.63, 3.8) is 0 Å². The third-order valence-electron chi connectivity index (χ3n) is 5.55. The lowest BCUT2D eigenvalue weighted by molar-refractivity contribution is 0.0713. The van der Waals surface area contributed by atoms with Crippen LogP contribution in [-0.4, -0.2) is 45.1 Å². The van der Waals surface area contributed by atoms with Gasteiger partial charge in [-0.3, -0.25) is 4.79 Å². The van der Waals surface area contributed by atoms with E-state index in [2.05, 4.69) is 5.32 Å². The third-order valence-corrected chi connectivity index (χ3v) is 6.67. The first kappa shape index (κ1) is 20.8. The molecule has 0 aliphatic carbocycles. The molecule has 0 saturated carbocycles. The Bertz CT molecular complexity index is 981. The molecule has 2 saturated heterocycles. The van der Waals surface area contributed by atoms with Gasteiger partial charge in [0.1, 0.15) is 5.82 Å². The van der Waals surface area contributed by atoms with E-state index in [1.807, 2.05) is 6.07 Å². The van der Waals surface area contributed by atoms with Gasteiger partial charge in [-0.2, -0.15) is 0 Å². The second-order valence-corrected chi connectivity index (χ2v) is 9.35. The van der Waals surface area contributed by atoms with Crippen molar-refractivity contribution in [3.05, 3.63) is 65.5 Å². The summed E-state index contributed by atoms with van der Waals surface area (Å²) in [6.45, 7) is 2.24. The first-order valence-corrected chi connectivity index (χ1v) is 10.8.